The van der Waals surface area contributed by atoms with Gasteiger partial charge in [0.15, 0.2) is 5.78 Å². The van der Waals surface area contributed by atoms with E-state index in [-0.39, 0.29) is 5.78 Å². The topological polar surface area (TPSA) is 43.1 Å². The van der Waals surface area contributed by atoms with Gasteiger partial charge in [0.25, 0.3) is 0 Å². The van der Waals surface area contributed by atoms with Crippen LogP contribution in [0.4, 0.5) is 5.69 Å². The number of aryl methyl sites for hydroxylation is 2. The lowest BCUT2D eigenvalue weighted by atomic mass is 9.96. The number of hydrogen-bond acceptors (Lipinski definition) is 2. The minimum absolute atomic E-state index is 0.109. The van der Waals surface area contributed by atoms with Gasteiger partial charge in [0.05, 0.1) is 10.0 Å². The Hall–Kier alpha value is -1.51. The van der Waals surface area contributed by atoms with Crippen LogP contribution in [0.2, 0.25) is 10.0 Å². The molecule has 0 spiro atoms. The first-order valence-corrected chi connectivity index (χ1v) is 6.52. The van der Waals surface area contributed by atoms with E-state index < -0.39 is 0 Å². The number of benzene rings is 2. The summed E-state index contributed by atoms with van der Waals surface area (Å²) in [5.41, 5.74) is 9.40. The summed E-state index contributed by atoms with van der Waals surface area (Å²) in [5, 5.41) is 0.795. The van der Waals surface area contributed by atoms with Crippen molar-refractivity contribution in [1.82, 2.24) is 0 Å². The fourth-order valence-corrected chi connectivity index (χ4v) is 2.20. The quantitative estimate of drug-likeness (QED) is 0.658. The van der Waals surface area contributed by atoms with Crippen LogP contribution in [0, 0.1) is 13.8 Å². The zero-order valence-electron chi connectivity index (χ0n) is 10.6. The molecule has 0 aliphatic carbocycles. The van der Waals surface area contributed by atoms with Crippen molar-refractivity contribution in [1.29, 1.82) is 0 Å². The molecule has 0 bridgehead atoms. The van der Waals surface area contributed by atoms with Crippen LogP contribution in [0.3, 0.4) is 0 Å². The predicted molar refractivity (Wildman–Crippen MR) is 80.2 cm³/mol. The van der Waals surface area contributed by atoms with E-state index in [9.17, 15) is 4.79 Å². The highest BCUT2D eigenvalue weighted by Gasteiger charge is 2.14. The van der Waals surface area contributed by atoms with Crippen LogP contribution >= 0.6 is 23.2 Å². The highest BCUT2D eigenvalue weighted by Crippen LogP contribution is 2.26. The van der Waals surface area contributed by atoms with Crippen LogP contribution in [0.15, 0.2) is 30.3 Å². The van der Waals surface area contributed by atoms with Gasteiger partial charge in [-0.05, 0) is 49.2 Å². The second kappa shape index (κ2) is 5.24. The second-order valence-corrected chi connectivity index (χ2v) is 5.30. The first-order valence-electron chi connectivity index (χ1n) is 5.76. The molecule has 0 unspecified atom stereocenters. The summed E-state index contributed by atoms with van der Waals surface area (Å²) < 4.78 is 0. The van der Waals surface area contributed by atoms with Crippen LogP contribution in [0.25, 0.3) is 0 Å². The highest BCUT2D eigenvalue weighted by atomic mass is 35.5. The summed E-state index contributed by atoms with van der Waals surface area (Å²) in [4.78, 5) is 12.4. The first-order chi connectivity index (χ1) is 8.90. The number of nitrogens with two attached hydrogens (primary N) is 1. The van der Waals surface area contributed by atoms with Crippen LogP contribution in [-0.4, -0.2) is 5.78 Å². The highest BCUT2D eigenvalue weighted by molar-refractivity contribution is 6.42. The Kier molecular flexibility index (Phi) is 3.83. The number of rotatable bonds is 2. The van der Waals surface area contributed by atoms with Crippen molar-refractivity contribution in [3.63, 3.8) is 0 Å². The van der Waals surface area contributed by atoms with Gasteiger partial charge in [-0.3, -0.25) is 4.79 Å². The number of nitrogen functional groups attached to an aromatic ring is 1. The number of hydrogen-bond donors (Lipinski definition) is 1. The average Bonchev–Trinajstić information content (AvgIpc) is 2.36. The van der Waals surface area contributed by atoms with Gasteiger partial charge in [-0.25, -0.2) is 0 Å². The molecule has 0 heterocycles. The molecule has 0 aliphatic rings. The molecule has 4 heteroatoms. The molecule has 0 saturated heterocycles. The van der Waals surface area contributed by atoms with E-state index in [1.807, 2.05) is 19.9 Å². The summed E-state index contributed by atoms with van der Waals surface area (Å²) >= 11 is 11.8. The Morgan fingerprint density at radius 2 is 1.68 bits per heavy atom. The summed E-state index contributed by atoms with van der Waals surface area (Å²) in [5.74, 6) is -0.109. The van der Waals surface area contributed by atoms with E-state index in [1.165, 1.54) is 0 Å². The van der Waals surface area contributed by atoms with Crippen LogP contribution in [-0.2, 0) is 0 Å². The summed E-state index contributed by atoms with van der Waals surface area (Å²) in [6, 6.07) is 8.45. The monoisotopic (exact) mass is 293 g/mol. The van der Waals surface area contributed by atoms with E-state index >= 15 is 0 Å². The van der Waals surface area contributed by atoms with Crippen molar-refractivity contribution in [2.75, 3.05) is 5.73 Å². The smallest absolute Gasteiger partial charge is 0.193 e. The molecule has 0 aromatic heterocycles. The largest absolute Gasteiger partial charge is 0.398 e. The maximum atomic E-state index is 12.4. The average molecular weight is 294 g/mol. The van der Waals surface area contributed by atoms with Gasteiger partial charge in [-0.1, -0.05) is 29.3 Å². The lowest BCUT2D eigenvalue weighted by Gasteiger charge is -2.09. The van der Waals surface area contributed by atoms with Gasteiger partial charge in [0, 0.05) is 16.8 Å². The molecule has 2 aromatic rings. The number of ketones is 1. The first kappa shape index (κ1) is 13.9. The normalized spacial score (nSPS) is 10.5. The number of carbonyl (C=O) groups excluding carboxylic acids is 1. The van der Waals surface area contributed by atoms with Gasteiger partial charge in [0.2, 0.25) is 0 Å². The molecule has 0 atom stereocenters. The van der Waals surface area contributed by atoms with Crippen molar-refractivity contribution in [3.8, 4) is 0 Å². The van der Waals surface area contributed by atoms with Crippen molar-refractivity contribution in [2.45, 2.75) is 13.8 Å². The van der Waals surface area contributed by atoms with Gasteiger partial charge in [-0.2, -0.15) is 0 Å². The molecule has 19 heavy (non-hydrogen) atoms. The van der Waals surface area contributed by atoms with E-state index in [2.05, 4.69) is 0 Å². The zero-order valence-corrected chi connectivity index (χ0v) is 12.1. The molecule has 2 aromatic carbocycles. The van der Waals surface area contributed by atoms with Crippen LogP contribution < -0.4 is 5.73 Å². The second-order valence-electron chi connectivity index (χ2n) is 4.48. The standard InChI is InChI=1S/C15H13Cl2NO/c1-8-5-9(2)14(18)7-11(8)15(19)10-3-4-12(16)13(17)6-10/h3-7H,18H2,1-2H3. The predicted octanol–water partition coefficient (Wildman–Crippen LogP) is 4.42. The minimum atomic E-state index is -0.109. The molecule has 2 N–H and O–H groups in total. The molecule has 98 valence electrons. The number of carbonyl (C=O) groups is 1. The molecule has 0 aliphatic heterocycles. The van der Waals surface area contributed by atoms with Crippen molar-refractivity contribution < 1.29 is 4.79 Å². The fourth-order valence-electron chi connectivity index (χ4n) is 1.91. The Bertz CT molecular complexity index is 665. The van der Waals surface area contributed by atoms with E-state index in [0.717, 1.165) is 11.1 Å². The maximum Gasteiger partial charge on any atom is 0.193 e. The summed E-state index contributed by atoms with van der Waals surface area (Å²) in [6.07, 6.45) is 0. The molecule has 0 saturated carbocycles. The zero-order chi connectivity index (χ0) is 14.2. The lowest BCUT2D eigenvalue weighted by molar-refractivity contribution is 0.103. The Balaban J connectivity index is 2.49. The third-order valence-electron chi connectivity index (χ3n) is 3.04. The molecule has 2 nitrogen and oxygen atoms in total. The van der Waals surface area contributed by atoms with Gasteiger partial charge >= 0.3 is 0 Å². The number of anilines is 1. The summed E-state index contributed by atoms with van der Waals surface area (Å²) in [6.45, 7) is 3.80. The molecule has 0 fully saturated rings. The number of halogens is 2. The van der Waals surface area contributed by atoms with Gasteiger partial charge in [-0.15, -0.1) is 0 Å². The van der Waals surface area contributed by atoms with Crippen LogP contribution in [0.5, 0.6) is 0 Å². The van der Waals surface area contributed by atoms with Gasteiger partial charge < -0.3 is 5.73 Å². The molecule has 2 rings (SSSR count). The third-order valence-corrected chi connectivity index (χ3v) is 3.78. The maximum absolute atomic E-state index is 12.4. The van der Waals surface area contributed by atoms with Crippen molar-refractivity contribution in [2.24, 2.45) is 0 Å². The fraction of sp³-hybridized carbons (Fsp3) is 0.133. The van der Waals surface area contributed by atoms with Crippen molar-refractivity contribution >= 4 is 34.7 Å². The lowest BCUT2D eigenvalue weighted by Crippen LogP contribution is -2.06. The molecular formula is C15H13Cl2NO. The molecule has 0 amide bonds. The molecular weight excluding hydrogens is 281 g/mol. The van der Waals surface area contributed by atoms with E-state index in [0.29, 0.717) is 26.9 Å². The van der Waals surface area contributed by atoms with Crippen LogP contribution in [0.1, 0.15) is 27.0 Å². The Labute approximate surface area is 122 Å². The Morgan fingerprint density at radius 1 is 1.00 bits per heavy atom. The van der Waals surface area contributed by atoms with E-state index in [4.69, 9.17) is 28.9 Å². The van der Waals surface area contributed by atoms with Gasteiger partial charge in [0.1, 0.15) is 0 Å². The van der Waals surface area contributed by atoms with Crippen molar-refractivity contribution in [3.05, 3.63) is 62.6 Å². The SMILES string of the molecule is Cc1cc(C)c(C(=O)c2ccc(Cl)c(Cl)c2)cc1N. The Morgan fingerprint density at radius 3 is 2.32 bits per heavy atom. The third kappa shape index (κ3) is 2.75. The van der Waals surface area contributed by atoms with E-state index in [1.54, 1.807) is 24.3 Å². The molecule has 0 radical (unpaired) electrons. The summed E-state index contributed by atoms with van der Waals surface area (Å²) in [7, 11) is 0. The minimum Gasteiger partial charge on any atom is -0.398 e.